The lowest BCUT2D eigenvalue weighted by atomic mass is 10.1. The van der Waals surface area contributed by atoms with Crippen molar-refractivity contribution in [2.75, 3.05) is 0 Å². The average molecular weight is 367 g/mol. The number of para-hydroxylation sites is 1. The molecule has 7 heteroatoms. The summed E-state index contributed by atoms with van der Waals surface area (Å²) in [6.45, 7) is 0. The van der Waals surface area contributed by atoms with Gasteiger partial charge in [0.1, 0.15) is 0 Å². The molecule has 0 saturated carbocycles. The lowest BCUT2D eigenvalue weighted by molar-refractivity contribution is -0.137. The molecule has 4 aromatic rings. The Bertz CT molecular complexity index is 1120. The molecule has 0 aliphatic rings. The fourth-order valence-electron chi connectivity index (χ4n) is 2.90. The van der Waals surface area contributed by atoms with E-state index in [0.29, 0.717) is 5.95 Å². The van der Waals surface area contributed by atoms with Crippen molar-refractivity contribution in [2.45, 2.75) is 6.18 Å². The molecule has 4 nitrogen and oxygen atoms in total. The van der Waals surface area contributed by atoms with Crippen LogP contribution in [0.4, 0.5) is 13.2 Å². The van der Waals surface area contributed by atoms with Crippen LogP contribution in [0.1, 0.15) is 21.6 Å². The molecule has 0 aliphatic carbocycles. The third kappa shape index (κ3) is 3.08. The van der Waals surface area contributed by atoms with Crippen molar-refractivity contribution in [1.29, 1.82) is 0 Å². The Morgan fingerprint density at radius 1 is 0.889 bits per heavy atom. The molecule has 0 N–H and O–H groups in total. The minimum absolute atomic E-state index is 0.156. The van der Waals surface area contributed by atoms with Gasteiger partial charge in [-0.2, -0.15) is 13.2 Å². The summed E-state index contributed by atoms with van der Waals surface area (Å²) in [6.07, 6.45) is -1.33. The van der Waals surface area contributed by atoms with Crippen LogP contribution in [0.15, 0.2) is 73.1 Å². The van der Waals surface area contributed by atoms with Crippen LogP contribution in [0, 0.1) is 0 Å². The summed E-state index contributed by atoms with van der Waals surface area (Å²) in [5, 5.41) is 0.806. The third-order valence-corrected chi connectivity index (χ3v) is 4.17. The van der Waals surface area contributed by atoms with E-state index in [9.17, 15) is 18.0 Å². The van der Waals surface area contributed by atoms with Crippen molar-refractivity contribution in [2.24, 2.45) is 0 Å². The van der Waals surface area contributed by atoms with Gasteiger partial charge in [-0.05, 0) is 30.3 Å². The molecule has 0 spiro atoms. The molecule has 4 rings (SSSR count). The standard InChI is InChI=1S/C20H12F3N3O/c21-20(22,23)15-8-6-13(7-9-15)18(27)17-12-14-4-1-2-5-16(14)26(17)19-24-10-3-11-25-19/h1-12H. The van der Waals surface area contributed by atoms with E-state index in [1.165, 1.54) is 12.1 Å². The number of alkyl halides is 3. The summed E-state index contributed by atoms with van der Waals surface area (Å²) < 4.78 is 39.9. The SMILES string of the molecule is O=C(c1ccc(C(F)(F)F)cc1)c1cc2ccccc2n1-c1ncccn1. The first-order valence-electron chi connectivity index (χ1n) is 8.05. The zero-order valence-electron chi connectivity index (χ0n) is 13.8. The molecule has 2 aromatic heterocycles. The quantitative estimate of drug-likeness (QED) is 0.495. The van der Waals surface area contributed by atoms with Gasteiger partial charge in [-0.25, -0.2) is 9.97 Å². The molecule has 0 bridgehead atoms. The predicted octanol–water partition coefficient (Wildman–Crippen LogP) is 4.67. The summed E-state index contributed by atoms with van der Waals surface area (Å²) in [4.78, 5) is 21.4. The zero-order chi connectivity index (χ0) is 19.0. The lowest BCUT2D eigenvalue weighted by Crippen LogP contribution is -2.12. The van der Waals surface area contributed by atoms with Gasteiger partial charge in [-0.1, -0.05) is 30.3 Å². The highest BCUT2D eigenvalue weighted by Gasteiger charge is 2.30. The number of fused-ring (bicyclic) bond motifs is 1. The van der Waals surface area contributed by atoms with E-state index >= 15 is 0 Å². The summed E-state index contributed by atoms with van der Waals surface area (Å²) >= 11 is 0. The Hall–Kier alpha value is -3.48. The summed E-state index contributed by atoms with van der Waals surface area (Å²) in [5.41, 5.74) is 0.370. The Balaban J connectivity index is 1.85. The van der Waals surface area contributed by atoms with Gasteiger partial charge in [0.05, 0.1) is 16.8 Å². The molecule has 0 saturated heterocycles. The second-order valence-corrected chi connectivity index (χ2v) is 5.88. The van der Waals surface area contributed by atoms with E-state index < -0.39 is 17.5 Å². The third-order valence-electron chi connectivity index (χ3n) is 4.17. The molecule has 0 fully saturated rings. The van der Waals surface area contributed by atoms with Crippen LogP contribution < -0.4 is 0 Å². The molecule has 27 heavy (non-hydrogen) atoms. The fourth-order valence-corrected chi connectivity index (χ4v) is 2.90. The lowest BCUT2D eigenvalue weighted by Gasteiger charge is -2.09. The van der Waals surface area contributed by atoms with Gasteiger partial charge in [0.25, 0.3) is 0 Å². The smallest absolute Gasteiger partial charge is 0.287 e. The predicted molar refractivity (Wildman–Crippen MR) is 93.7 cm³/mol. The Morgan fingerprint density at radius 3 is 2.22 bits per heavy atom. The molecule has 134 valence electrons. The molecule has 2 heterocycles. The molecule has 0 amide bonds. The Kier molecular flexibility index (Phi) is 3.99. The second kappa shape index (κ2) is 6.35. The number of rotatable bonds is 3. The van der Waals surface area contributed by atoms with E-state index in [0.717, 1.165) is 23.0 Å². The number of hydrogen-bond acceptors (Lipinski definition) is 3. The average Bonchev–Trinajstić information content (AvgIpc) is 3.07. The number of nitrogens with zero attached hydrogens (tertiary/aromatic N) is 3. The minimum atomic E-state index is -4.45. The van der Waals surface area contributed by atoms with Crippen LogP contribution in [0.5, 0.6) is 0 Å². The van der Waals surface area contributed by atoms with Crippen LogP contribution in [0.25, 0.3) is 16.9 Å². The van der Waals surface area contributed by atoms with Crippen LogP contribution in [-0.2, 0) is 6.18 Å². The molecule has 2 aromatic carbocycles. The summed E-state index contributed by atoms with van der Waals surface area (Å²) in [7, 11) is 0. The van der Waals surface area contributed by atoms with Gasteiger partial charge in [-0.15, -0.1) is 0 Å². The zero-order valence-corrected chi connectivity index (χ0v) is 13.8. The Labute approximate surface area is 151 Å². The first kappa shape index (κ1) is 17.0. The molecule has 0 atom stereocenters. The first-order chi connectivity index (χ1) is 12.9. The van der Waals surface area contributed by atoms with Crippen molar-refractivity contribution in [3.05, 3.63) is 89.9 Å². The normalized spacial score (nSPS) is 11.7. The number of ketones is 1. The number of benzene rings is 2. The maximum Gasteiger partial charge on any atom is 0.416 e. The molecule has 0 radical (unpaired) electrons. The second-order valence-electron chi connectivity index (χ2n) is 5.88. The molecule has 0 aliphatic heterocycles. The number of hydrogen-bond donors (Lipinski definition) is 0. The summed E-state index contributed by atoms with van der Waals surface area (Å²) in [6, 6.07) is 14.8. The summed E-state index contributed by atoms with van der Waals surface area (Å²) in [5.74, 6) is -0.0960. The highest BCUT2D eigenvalue weighted by atomic mass is 19.4. The highest BCUT2D eigenvalue weighted by molar-refractivity contribution is 6.11. The van der Waals surface area contributed by atoms with Crippen molar-refractivity contribution in [3.63, 3.8) is 0 Å². The van der Waals surface area contributed by atoms with Crippen LogP contribution in [-0.4, -0.2) is 20.3 Å². The number of carbonyl (C=O) groups is 1. The van der Waals surface area contributed by atoms with Crippen molar-refractivity contribution in [1.82, 2.24) is 14.5 Å². The van der Waals surface area contributed by atoms with Crippen molar-refractivity contribution < 1.29 is 18.0 Å². The maximum absolute atomic E-state index is 13.0. The molecule has 0 unspecified atom stereocenters. The van der Waals surface area contributed by atoms with E-state index in [1.54, 1.807) is 29.1 Å². The number of halogens is 3. The maximum atomic E-state index is 13.0. The van der Waals surface area contributed by atoms with Gasteiger partial charge in [-0.3, -0.25) is 9.36 Å². The molecular weight excluding hydrogens is 355 g/mol. The number of aromatic nitrogens is 3. The molecular formula is C20H12F3N3O. The van der Waals surface area contributed by atoms with E-state index in [-0.39, 0.29) is 11.3 Å². The van der Waals surface area contributed by atoms with Gasteiger partial charge in [0.15, 0.2) is 0 Å². The van der Waals surface area contributed by atoms with Crippen molar-refractivity contribution in [3.8, 4) is 5.95 Å². The van der Waals surface area contributed by atoms with Crippen LogP contribution >= 0.6 is 0 Å². The van der Waals surface area contributed by atoms with Crippen molar-refractivity contribution >= 4 is 16.7 Å². The van der Waals surface area contributed by atoms with E-state index in [4.69, 9.17) is 0 Å². The van der Waals surface area contributed by atoms with Gasteiger partial charge >= 0.3 is 6.18 Å². The van der Waals surface area contributed by atoms with E-state index in [2.05, 4.69) is 9.97 Å². The fraction of sp³-hybridized carbons (Fsp3) is 0.0500. The topological polar surface area (TPSA) is 47.8 Å². The van der Waals surface area contributed by atoms with Crippen LogP contribution in [0.2, 0.25) is 0 Å². The first-order valence-corrected chi connectivity index (χ1v) is 8.05. The largest absolute Gasteiger partial charge is 0.416 e. The minimum Gasteiger partial charge on any atom is -0.287 e. The highest BCUT2D eigenvalue weighted by Crippen LogP contribution is 2.30. The van der Waals surface area contributed by atoms with Gasteiger partial charge in [0, 0.05) is 23.3 Å². The number of carbonyl (C=O) groups excluding carboxylic acids is 1. The van der Waals surface area contributed by atoms with E-state index in [1.807, 2.05) is 24.3 Å². The monoisotopic (exact) mass is 367 g/mol. The Morgan fingerprint density at radius 2 is 1.56 bits per heavy atom. The van der Waals surface area contributed by atoms with Gasteiger partial charge < -0.3 is 0 Å². The van der Waals surface area contributed by atoms with Crippen LogP contribution in [0.3, 0.4) is 0 Å². The van der Waals surface area contributed by atoms with Gasteiger partial charge in [0.2, 0.25) is 11.7 Å².